The molecular weight excluding hydrogens is 210 g/mol. The number of amides is 1. The van der Waals surface area contributed by atoms with Gasteiger partial charge in [-0.15, -0.1) is 0 Å². The highest BCUT2D eigenvalue weighted by atomic mass is 16.4. The minimum Gasteiger partial charge on any atom is -0.481 e. The number of hydrogen-bond acceptors (Lipinski definition) is 2. The Labute approximate surface area is 91.9 Å². The molecule has 0 saturated carbocycles. The first-order chi connectivity index (χ1) is 7.47. The van der Waals surface area contributed by atoms with Crippen molar-refractivity contribution in [1.82, 2.24) is 0 Å². The van der Waals surface area contributed by atoms with Crippen LogP contribution < -0.4 is 4.90 Å². The Morgan fingerprint density at radius 2 is 1.94 bits per heavy atom. The average molecular weight is 221 g/mol. The van der Waals surface area contributed by atoms with Gasteiger partial charge in [0.25, 0.3) is 0 Å². The molecule has 2 rings (SSSR count). The quantitative estimate of drug-likeness (QED) is 0.753. The first-order valence-electron chi connectivity index (χ1n) is 4.80. The first kappa shape index (κ1) is 10.5. The van der Waals surface area contributed by atoms with Crippen LogP contribution in [-0.4, -0.2) is 28.8 Å². The van der Waals surface area contributed by atoms with Crippen LogP contribution in [0.15, 0.2) is 24.3 Å². The Kier molecular flexibility index (Phi) is 2.11. The van der Waals surface area contributed by atoms with Crippen molar-refractivity contribution in [3.63, 3.8) is 0 Å². The molecule has 1 aliphatic rings. The Morgan fingerprint density at radius 3 is 2.50 bits per heavy atom. The van der Waals surface area contributed by atoms with E-state index in [1.807, 2.05) is 0 Å². The number of fused-ring (bicyclic) bond motifs is 1. The number of nitrogens with zero attached hydrogens (tertiary/aromatic N) is 1. The smallest absolute Gasteiger partial charge is 0.411 e. The second-order valence-corrected chi connectivity index (χ2v) is 4.02. The zero-order chi connectivity index (χ0) is 11.9. The van der Waals surface area contributed by atoms with Crippen molar-refractivity contribution in [2.24, 2.45) is 0 Å². The molecule has 2 N–H and O–H groups in total. The molecule has 1 aromatic rings. The number of carbonyl (C=O) groups is 2. The van der Waals surface area contributed by atoms with Crippen LogP contribution in [0.4, 0.5) is 10.5 Å². The fourth-order valence-corrected chi connectivity index (χ4v) is 2.02. The summed E-state index contributed by atoms with van der Waals surface area (Å²) in [6.07, 6.45) is -1.13. The molecule has 0 radical (unpaired) electrons. The number of carboxylic acids is 1. The predicted molar refractivity (Wildman–Crippen MR) is 56.8 cm³/mol. The minimum atomic E-state index is -1.16. The summed E-state index contributed by atoms with van der Waals surface area (Å²) in [5, 5.41) is 18.2. The summed E-state index contributed by atoms with van der Waals surface area (Å²) in [7, 11) is 0. The molecule has 0 spiro atoms. The molecule has 0 aliphatic carbocycles. The van der Waals surface area contributed by atoms with Crippen molar-refractivity contribution < 1.29 is 19.8 Å². The van der Waals surface area contributed by atoms with Crippen LogP contribution in [0.25, 0.3) is 0 Å². The Hall–Kier alpha value is -2.04. The molecule has 1 atom stereocenters. The summed E-state index contributed by atoms with van der Waals surface area (Å²) in [6, 6.07) is 6.69. The van der Waals surface area contributed by atoms with E-state index in [0.29, 0.717) is 11.3 Å². The summed E-state index contributed by atoms with van der Waals surface area (Å²) < 4.78 is 0. The summed E-state index contributed by atoms with van der Waals surface area (Å²) in [6.45, 7) is 1.49. The zero-order valence-electron chi connectivity index (χ0n) is 8.67. The van der Waals surface area contributed by atoms with Crippen LogP contribution >= 0.6 is 0 Å². The van der Waals surface area contributed by atoms with Crippen LogP contribution in [0.1, 0.15) is 12.5 Å². The van der Waals surface area contributed by atoms with Crippen molar-refractivity contribution >= 4 is 17.7 Å². The number of anilines is 1. The van der Waals surface area contributed by atoms with E-state index < -0.39 is 17.5 Å². The van der Waals surface area contributed by atoms with Gasteiger partial charge in [-0.05, 0) is 18.6 Å². The number of rotatable bonds is 1. The fraction of sp³-hybridized carbons (Fsp3) is 0.273. The summed E-state index contributed by atoms with van der Waals surface area (Å²) in [5.74, 6) is -1.01. The maximum absolute atomic E-state index is 11.2. The van der Waals surface area contributed by atoms with Crippen LogP contribution in [-0.2, 0) is 10.2 Å². The normalized spacial score (nSPS) is 22.9. The largest absolute Gasteiger partial charge is 0.481 e. The molecular formula is C11H11NO4. The van der Waals surface area contributed by atoms with Gasteiger partial charge in [0.2, 0.25) is 0 Å². The highest BCUT2D eigenvalue weighted by molar-refractivity contribution is 5.96. The maximum Gasteiger partial charge on any atom is 0.411 e. The summed E-state index contributed by atoms with van der Waals surface area (Å²) in [4.78, 5) is 23.3. The van der Waals surface area contributed by atoms with Gasteiger partial charge in [-0.1, -0.05) is 18.2 Å². The molecule has 5 heteroatoms. The van der Waals surface area contributed by atoms with Crippen LogP contribution in [0, 0.1) is 0 Å². The molecule has 1 unspecified atom stereocenters. The molecule has 1 aliphatic heterocycles. The molecule has 0 fully saturated rings. The van der Waals surface area contributed by atoms with Gasteiger partial charge in [0.15, 0.2) is 0 Å². The van der Waals surface area contributed by atoms with Gasteiger partial charge in [-0.25, -0.2) is 4.79 Å². The Balaban J connectivity index is 2.60. The van der Waals surface area contributed by atoms with Gasteiger partial charge in [0, 0.05) is 6.54 Å². The summed E-state index contributed by atoms with van der Waals surface area (Å²) in [5.41, 5.74) is -0.153. The highest BCUT2D eigenvalue weighted by Crippen LogP contribution is 2.40. The maximum atomic E-state index is 11.2. The molecule has 16 heavy (non-hydrogen) atoms. The van der Waals surface area contributed by atoms with Gasteiger partial charge in [-0.3, -0.25) is 9.69 Å². The van der Waals surface area contributed by atoms with E-state index >= 15 is 0 Å². The molecule has 0 saturated heterocycles. The average Bonchev–Trinajstić information content (AvgIpc) is 2.55. The van der Waals surface area contributed by atoms with Crippen LogP contribution in [0.5, 0.6) is 0 Å². The van der Waals surface area contributed by atoms with E-state index in [-0.39, 0.29) is 6.54 Å². The third kappa shape index (κ3) is 1.25. The first-order valence-corrected chi connectivity index (χ1v) is 4.80. The topological polar surface area (TPSA) is 77.8 Å². The van der Waals surface area contributed by atoms with E-state index in [4.69, 9.17) is 5.11 Å². The van der Waals surface area contributed by atoms with E-state index in [2.05, 4.69) is 0 Å². The molecule has 84 valence electrons. The number of benzene rings is 1. The number of para-hydroxylation sites is 1. The van der Waals surface area contributed by atoms with E-state index in [1.54, 1.807) is 24.3 Å². The van der Waals surface area contributed by atoms with Crippen LogP contribution in [0.2, 0.25) is 0 Å². The fourth-order valence-electron chi connectivity index (χ4n) is 2.02. The predicted octanol–water partition coefficient (Wildman–Crippen LogP) is 1.53. The van der Waals surface area contributed by atoms with Gasteiger partial charge >= 0.3 is 12.1 Å². The van der Waals surface area contributed by atoms with Crippen molar-refractivity contribution in [2.75, 3.05) is 11.4 Å². The van der Waals surface area contributed by atoms with Gasteiger partial charge in [-0.2, -0.15) is 0 Å². The SMILES string of the molecule is CC1(C(=O)O)CN(C(=O)O)c2ccccc21. The lowest BCUT2D eigenvalue weighted by Gasteiger charge is -2.19. The molecule has 1 aromatic carbocycles. The van der Waals surface area contributed by atoms with Crippen molar-refractivity contribution in [3.05, 3.63) is 29.8 Å². The minimum absolute atomic E-state index is 0.0446. The van der Waals surface area contributed by atoms with Crippen molar-refractivity contribution in [1.29, 1.82) is 0 Å². The zero-order valence-corrected chi connectivity index (χ0v) is 8.67. The lowest BCUT2D eigenvalue weighted by molar-refractivity contribution is -0.142. The van der Waals surface area contributed by atoms with E-state index in [0.717, 1.165) is 4.90 Å². The van der Waals surface area contributed by atoms with Crippen molar-refractivity contribution in [3.8, 4) is 0 Å². The third-order valence-electron chi connectivity index (χ3n) is 2.97. The molecule has 1 amide bonds. The second kappa shape index (κ2) is 3.23. The monoisotopic (exact) mass is 221 g/mol. The molecule has 0 aromatic heterocycles. The second-order valence-electron chi connectivity index (χ2n) is 4.02. The van der Waals surface area contributed by atoms with E-state index in [9.17, 15) is 14.7 Å². The lowest BCUT2D eigenvalue weighted by atomic mass is 9.85. The third-order valence-corrected chi connectivity index (χ3v) is 2.97. The van der Waals surface area contributed by atoms with Gasteiger partial charge in [0.05, 0.1) is 5.69 Å². The summed E-state index contributed by atoms with van der Waals surface area (Å²) >= 11 is 0. The van der Waals surface area contributed by atoms with Gasteiger partial charge in [0.1, 0.15) is 5.41 Å². The standard InChI is InChI=1S/C11H11NO4/c1-11(9(13)14)6-12(10(15)16)8-5-3-2-4-7(8)11/h2-5H,6H2,1H3,(H,13,14)(H,15,16). The molecule has 5 nitrogen and oxygen atoms in total. The number of aliphatic carboxylic acids is 1. The molecule has 0 bridgehead atoms. The Morgan fingerprint density at radius 1 is 1.31 bits per heavy atom. The van der Waals surface area contributed by atoms with Crippen molar-refractivity contribution in [2.45, 2.75) is 12.3 Å². The molecule has 1 heterocycles. The van der Waals surface area contributed by atoms with E-state index in [1.165, 1.54) is 6.92 Å². The number of hydrogen-bond donors (Lipinski definition) is 2. The van der Waals surface area contributed by atoms with Crippen LogP contribution in [0.3, 0.4) is 0 Å². The highest BCUT2D eigenvalue weighted by Gasteiger charge is 2.46. The lowest BCUT2D eigenvalue weighted by Crippen LogP contribution is -2.39. The van der Waals surface area contributed by atoms with Gasteiger partial charge < -0.3 is 10.2 Å². The Bertz CT molecular complexity index is 471. The number of carboxylic acid groups (broad SMARTS) is 2.